The lowest BCUT2D eigenvalue weighted by atomic mass is 9.88. The summed E-state index contributed by atoms with van der Waals surface area (Å²) in [7, 11) is 0. The highest BCUT2D eigenvalue weighted by atomic mass is 16.3. The van der Waals surface area contributed by atoms with Crippen LogP contribution in [0.5, 0.6) is 5.75 Å². The van der Waals surface area contributed by atoms with E-state index in [2.05, 4.69) is 5.32 Å². The predicted octanol–water partition coefficient (Wildman–Crippen LogP) is 1.89. The van der Waals surface area contributed by atoms with E-state index in [1.54, 1.807) is 23.1 Å². The number of hydrogen-bond donors (Lipinski definition) is 2. The van der Waals surface area contributed by atoms with Crippen LogP contribution in [0.2, 0.25) is 0 Å². The fourth-order valence-corrected chi connectivity index (χ4v) is 3.42. The summed E-state index contributed by atoms with van der Waals surface area (Å²) >= 11 is 0. The van der Waals surface area contributed by atoms with Gasteiger partial charge < -0.3 is 15.3 Å². The number of anilines is 1. The van der Waals surface area contributed by atoms with Gasteiger partial charge in [-0.3, -0.25) is 4.79 Å². The molecule has 4 nitrogen and oxygen atoms in total. The number of fused-ring (bicyclic) bond motifs is 2. The van der Waals surface area contributed by atoms with Crippen LogP contribution < -0.4 is 10.2 Å². The van der Waals surface area contributed by atoms with Crippen LogP contribution in [0.1, 0.15) is 26.2 Å². The van der Waals surface area contributed by atoms with Gasteiger partial charge in [-0.1, -0.05) is 6.07 Å². The van der Waals surface area contributed by atoms with Crippen LogP contribution >= 0.6 is 0 Å². The summed E-state index contributed by atoms with van der Waals surface area (Å²) in [5.74, 6) is 0.490. The quantitative estimate of drug-likeness (QED) is 0.872. The Morgan fingerprint density at radius 3 is 2.89 bits per heavy atom. The van der Waals surface area contributed by atoms with Gasteiger partial charge in [-0.25, -0.2) is 0 Å². The highest BCUT2D eigenvalue weighted by Crippen LogP contribution is 2.35. The molecular formula is C15H20N2O2. The molecule has 2 heterocycles. The molecule has 4 heteroatoms. The number of amides is 1. The molecule has 3 atom stereocenters. The zero-order chi connectivity index (χ0) is 13.4. The maximum Gasteiger partial charge on any atom is 0.231 e. The fourth-order valence-electron chi connectivity index (χ4n) is 3.42. The summed E-state index contributed by atoms with van der Waals surface area (Å²) in [4.78, 5) is 14.5. The molecule has 0 aliphatic carbocycles. The van der Waals surface area contributed by atoms with Crippen LogP contribution in [0.15, 0.2) is 24.3 Å². The summed E-state index contributed by atoms with van der Waals surface area (Å²) in [6.45, 7) is 2.61. The molecule has 1 aromatic rings. The second-order valence-corrected chi connectivity index (χ2v) is 5.49. The third-order valence-electron chi connectivity index (χ3n) is 4.34. The van der Waals surface area contributed by atoms with Crippen molar-refractivity contribution in [1.29, 1.82) is 0 Å². The van der Waals surface area contributed by atoms with Crippen LogP contribution in [0.3, 0.4) is 0 Å². The summed E-state index contributed by atoms with van der Waals surface area (Å²) < 4.78 is 0. The first-order valence-electron chi connectivity index (χ1n) is 7.05. The van der Waals surface area contributed by atoms with E-state index in [1.165, 1.54) is 6.42 Å². The summed E-state index contributed by atoms with van der Waals surface area (Å²) in [5.41, 5.74) is 0.787. The van der Waals surface area contributed by atoms with Crippen molar-refractivity contribution in [1.82, 2.24) is 5.32 Å². The molecular weight excluding hydrogens is 240 g/mol. The summed E-state index contributed by atoms with van der Waals surface area (Å²) in [6, 6.07) is 7.82. The molecule has 0 aromatic heterocycles. The van der Waals surface area contributed by atoms with Crippen molar-refractivity contribution in [2.24, 2.45) is 5.92 Å². The average Bonchev–Trinajstić information content (AvgIpc) is 3.02. The van der Waals surface area contributed by atoms with Gasteiger partial charge in [0.2, 0.25) is 5.91 Å². The number of phenolic OH excluding ortho intramolecular Hbond substituents is 1. The first-order chi connectivity index (χ1) is 9.19. The number of hydrogen-bond acceptors (Lipinski definition) is 3. The Hall–Kier alpha value is -1.55. The lowest BCUT2D eigenvalue weighted by Gasteiger charge is -2.28. The molecule has 2 aliphatic rings. The van der Waals surface area contributed by atoms with E-state index in [9.17, 15) is 9.90 Å². The standard InChI is InChI=1S/C15H20N2O2/c1-2-17(11-4-3-5-12(18)9-11)15(19)13-8-10-6-7-14(13)16-10/h3-5,9-10,13-14,16,18H,2,6-8H2,1H3. The second kappa shape index (κ2) is 4.85. The van der Waals surface area contributed by atoms with Gasteiger partial charge in [0.15, 0.2) is 0 Å². The maximum absolute atomic E-state index is 12.7. The van der Waals surface area contributed by atoms with Crippen molar-refractivity contribution in [2.75, 3.05) is 11.4 Å². The van der Waals surface area contributed by atoms with Gasteiger partial charge in [-0.05, 0) is 38.3 Å². The van der Waals surface area contributed by atoms with Crippen molar-refractivity contribution in [3.63, 3.8) is 0 Å². The summed E-state index contributed by atoms with van der Waals surface area (Å²) in [5, 5.41) is 13.1. The number of benzene rings is 1. The zero-order valence-corrected chi connectivity index (χ0v) is 11.2. The third kappa shape index (κ3) is 2.21. The van der Waals surface area contributed by atoms with E-state index in [0.29, 0.717) is 18.6 Å². The minimum atomic E-state index is 0.0982. The Kier molecular flexibility index (Phi) is 3.19. The number of carbonyl (C=O) groups is 1. The van der Waals surface area contributed by atoms with E-state index in [-0.39, 0.29) is 17.6 Å². The number of phenols is 1. The van der Waals surface area contributed by atoms with E-state index >= 15 is 0 Å². The Balaban J connectivity index is 1.80. The molecule has 102 valence electrons. The van der Waals surface area contributed by atoms with E-state index in [0.717, 1.165) is 18.5 Å². The molecule has 0 saturated carbocycles. The highest BCUT2D eigenvalue weighted by molar-refractivity contribution is 5.96. The van der Waals surface area contributed by atoms with Crippen LogP contribution in [0.25, 0.3) is 0 Å². The van der Waals surface area contributed by atoms with Crippen LogP contribution in [-0.2, 0) is 4.79 Å². The molecule has 3 rings (SSSR count). The summed E-state index contributed by atoms with van der Waals surface area (Å²) in [6.07, 6.45) is 3.27. The van der Waals surface area contributed by atoms with Crippen molar-refractivity contribution in [3.05, 3.63) is 24.3 Å². The maximum atomic E-state index is 12.7. The molecule has 2 N–H and O–H groups in total. The number of aromatic hydroxyl groups is 1. The fraction of sp³-hybridized carbons (Fsp3) is 0.533. The molecule has 0 radical (unpaired) electrons. The molecule has 3 unspecified atom stereocenters. The zero-order valence-electron chi connectivity index (χ0n) is 11.2. The molecule has 2 saturated heterocycles. The molecule has 2 fully saturated rings. The Labute approximate surface area is 113 Å². The molecule has 2 aliphatic heterocycles. The minimum Gasteiger partial charge on any atom is -0.508 e. The van der Waals surface area contributed by atoms with Gasteiger partial charge in [0, 0.05) is 30.4 Å². The SMILES string of the molecule is CCN(C(=O)C1CC2CCC1N2)c1cccc(O)c1. The number of nitrogens with one attached hydrogen (secondary N) is 1. The van der Waals surface area contributed by atoms with Crippen LogP contribution in [-0.4, -0.2) is 29.6 Å². The number of nitrogens with zero attached hydrogens (tertiary/aromatic N) is 1. The van der Waals surface area contributed by atoms with Gasteiger partial charge in [0.25, 0.3) is 0 Å². The van der Waals surface area contributed by atoms with E-state index < -0.39 is 0 Å². The van der Waals surface area contributed by atoms with Gasteiger partial charge >= 0.3 is 0 Å². The Bertz CT molecular complexity index is 489. The minimum absolute atomic E-state index is 0.0982. The molecule has 1 aromatic carbocycles. The van der Waals surface area contributed by atoms with Crippen molar-refractivity contribution in [3.8, 4) is 5.75 Å². The van der Waals surface area contributed by atoms with Crippen LogP contribution in [0, 0.1) is 5.92 Å². The first kappa shape index (κ1) is 12.5. The van der Waals surface area contributed by atoms with Gasteiger partial charge in [-0.2, -0.15) is 0 Å². The van der Waals surface area contributed by atoms with Crippen molar-refractivity contribution >= 4 is 11.6 Å². The first-order valence-corrected chi connectivity index (χ1v) is 7.05. The molecule has 1 amide bonds. The predicted molar refractivity (Wildman–Crippen MR) is 74.2 cm³/mol. The Morgan fingerprint density at radius 1 is 1.47 bits per heavy atom. The Morgan fingerprint density at radius 2 is 2.32 bits per heavy atom. The van der Waals surface area contributed by atoms with Crippen molar-refractivity contribution in [2.45, 2.75) is 38.3 Å². The molecule has 19 heavy (non-hydrogen) atoms. The van der Waals surface area contributed by atoms with Gasteiger partial charge in [0.05, 0.1) is 5.92 Å². The number of carbonyl (C=O) groups excluding carboxylic acids is 1. The van der Waals surface area contributed by atoms with Crippen molar-refractivity contribution < 1.29 is 9.90 Å². The van der Waals surface area contributed by atoms with Crippen LogP contribution in [0.4, 0.5) is 5.69 Å². The van der Waals surface area contributed by atoms with Gasteiger partial charge in [-0.15, -0.1) is 0 Å². The van der Waals surface area contributed by atoms with E-state index in [1.807, 2.05) is 13.0 Å². The smallest absolute Gasteiger partial charge is 0.231 e. The largest absolute Gasteiger partial charge is 0.508 e. The number of rotatable bonds is 3. The monoisotopic (exact) mass is 260 g/mol. The highest BCUT2D eigenvalue weighted by Gasteiger charge is 2.44. The lowest BCUT2D eigenvalue weighted by Crippen LogP contribution is -2.41. The third-order valence-corrected chi connectivity index (χ3v) is 4.34. The van der Waals surface area contributed by atoms with E-state index in [4.69, 9.17) is 0 Å². The molecule has 0 spiro atoms. The average molecular weight is 260 g/mol. The topological polar surface area (TPSA) is 52.6 Å². The van der Waals surface area contributed by atoms with Gasteiger partial charge in [0.1, 0.15) is 5.75 Å². The lowest BCUT2D eigenvalue weighted by molar-refractivity contribution is -0.122. The molecule has 2 bridgehead atoms. The normalized spacial score (nSPS) is 28.6. The second-order valence-electron chi connectivity index (χ2n) is 5.49.